The van der Waals surface area contributed by atoms with Crippen molar-refractivity contribution in [3.05, 3.63) is 35.9 Å². The van der Waals surface area contributed by atoms with Gasteiger partial charge in [-0.2, -0.15) is 0 Å². The number of hydrogen-bond donors (Lipinski definition) is 2. The predicted octanol–water partition coefficient (Wildman–Crippen LogP) is 0.954. The van der Waals surface area contributed by atoms with E-state index in [0.717, 1.165) is 10.5 Å². The number of rotatable bonds is 4. The molecule has 5 heteroatoms. The zero-order valence-electron chi connectivity index (χ0n) is 9.88. The van der Waals surface area contributed by atoms with Gasteiger partial charge >= 0.3 is 6.09 Å². The highest BCUT2D eigenvalue weighted by Gasteiger charge is 2.25. The van der Waals surface area contributed by atoms with Gasteiger partial charge in [0.15, 0.2) is 0 Å². The summed E-state index contributed by atoms with van der Waals surface area (Å²) < 4.78 is 0. The van der Waals surface area contributed by atoms with E-state index in [1.165, 1.54) is 14.1 Å². The first-order valence-electron chi connectivity index (χ1n) is 5.27. The largest absolute Gasteiger partial charge is 0.465 e. The van der Waals surface area contributed by atoms with Crippen LogP contribution in [0, 0.1) is 0 Å². The number of carboxylic acid groups (broad SMARTS) is 1. The Hall–Kier alpha value is -2.04. The zero-order chi connectivity index (χ0) is 12.8. The van der Waals surface area contributed by atoms with Gasteiger partial charge < -0.3 is 10.4 Å². The van der Waals surface area contributed by atoms with Crippen LogP contribution in [0.2, 0.25) is 0 Å². The standard InChI is InChI=1S/C12H16N2O3/c1-13-11(15)10(14(2)12(16)17)8-9-6-4-3-5-7-9/h3-7,10H,8H2,1-2H3,(H,13,15)(H,16,17)/t10-/m1/s1. The van der Waals surface area contributed by atoms with Gasteiger partial charge in [0.1, 0.15) is 6.04 Å². The number of amides is 2. The van der Waals surface area contributed by atoms with Gasteiger partial charge in [-0.15, -0.1) is 0 Å². The number of likely N-dealkylation sites (N-methyl/N-ethyl adjacent to an activating group) is 2. The molecule has 0 saturated carbocycles. The summed E-state index contributed by atoms with van der Waals surface area (Å²) in [5.74, 6) is -0.307. The molecule has 2 amide bonds. The molecule has 0 aromatic heterocycles. The van der Waals surface area contributed by atoms with Gasteiger partial charge in [-0.05, 0) is 5.56 Å². The van der Waals surface area contributed by atoms with Crippen molar-refractivity contribution in [1.29, 1.82) is 0 Å². The number of nitrogens with one attached hydrogen (secondary N) is 1. The Morgan fingerprint density at radius 3 is 2.41 bits per heavy atom. The predicted molar refractivity (Wildman–Crippen MR) is 63.8 cm³/mol. The maximum Gasteiger partial charge on any atom is 0.407 e. The van der Waals surface area contributed by atoms with Gasteiger partial charge in [0.05, 0.1) is 0 Å². The number of benzene rings is 1. The molecule has 1 aromatic rings. The fourth-order valence-corrected chi connectivity index (χ4v) is 1.54. The van der Waals surface area contributed by atoms with Crippen molar-refractivity contribution in [3.8, 4) is 0 Å². The van der Waals surface area contributed by atoms with Crippen LogP contribution in [0.4, 0.5) is 4.79 Å². The fraction of sp³-hybridized carbons (Fsp3) is 0.333. The molecule has 0 bridgehead atoms. The quantitative estimate of drug-likeness (QED) is 0.817. The molecule has 0 unspecified atom stereocenters. The lowest BCUT2D eigenvalue weighted by atomic mass is 10.0. The Bertz CT molecular complexity index is 392. The van der Waals surface area contributed by atoms with E-state index in [0.29, 0.717) is 6.42 Å². The van der Waals surface area contributed by atoms with Crippen LogP contribution in [-0.2, 0) is 11.2 Å². The first-order chi connectivity index (χ1) is 8.06. The highest BCUT2D eigenvalue weighted by molar-refractivity contribution is 5.85. The minimum absolute atomic E-state index is 0.307. The Kier molecular flexibility index (Phi) is 4.51. The van der Waals surface area contributed by atoms with E-state index >= 15 is 0 Å². The van der Waals surface area contributed by atoms with E-state index in [2.05, 4.69) is 5.32 Å². The van der Waals surface area contributed by atoms with Gasteiger partial charge in [0, 0.05) is 20.5 Å². The maximum atomic E-state index is 11.6. The second kappa shape index (κ2) is 5.89. The summed E-state index contributed by atoms with van der Waals surface area (Å²) in [6.07, 6.45) is -0.752. The molecule has 5 nitrogen and oxygen atoms in total. The molecular formula is C12H16N2O3. The van der Waals surface area contributed by atoms with Crippen LogP contribution in [0.25, 0.3) is 0 Å². The minimum atomic E-state index is -1.12. The first kappa shape index (κ1) is 13.0. The topological polar surface area (TPSA) is 69.6 Å². The van der Waals surface area contributed by atoms with Gasteiger partial charge in [-0.3, -0.25) is 9.69 Å². The lowest BCUT2D eigenvalue weighted by Gasteiger charge is -2.24. The average Bonchev–Trinajstić information content (AvgIpc) is 2.35. The molecule has 0 aliphatic heterocycles. The van der Waals surface area contributed by atoms with Crippen molar-refractivity contribution < 1.29 is 14.7 Å². The average molecular weight is 236 g/mol. The number of carbonyl (C=O) groups excluding carboxylic acids is 1. The number of carbonyl (C=O) groups is 2. The molecule has 0 aliphatic rings. The molecule has 0 spiro atoms. The van der Waals surface area contributed by atoms with Crippen molar-refractivity contribution in [2.75, 3.05) is 14.1 Å². The summed E-state index contributed by atoms with van der Waals surface area (Å²) >= 11 is 0. The molecule has 1 aromatic carbocycles. The molecule has 0 radical (unpaired) electrons. The Labute approximate surface area is 100 Å². The molecule has 17 heavy (non-hydrogen) atoms. The van der Waals surface area contributed by atoms with Crippen molar-refractivity contribution in [2.24, 2.45) is 0 Å². The molecule has 1 rings (SSSR count). The SMILES string of the molecule is CNC(=O)[C@@H](Cc1ccccc1)N(C)C(=O)O. The van der Waals surface area contributed by atoms with Crippen LogP contribution in [0.15, 0.2) is 30.3 Å². The van der Waals surface area contributed by atoms with Crippen molar-refractivity contribution in [1.82, 2.24) is 10.2 Å². The third-order valence-corrected chi connectivity index (χ3v) is 2.59. The van der Waals surface area contributed by atoms with Gasteiger partial charge in [-0.1, -0.05) is 30.3 Å². The second-order valence-electron chi connectivity index (χ2n) is 3.71. The molecule has 0 heterocycles. The Morgan fingerprint density at radius 2 is 1.94 bits per heavy atom. The monoisotopic (exact) mass is 236 g/mol. The van der Waals surface area contributed by atoms with E-state index in [-0.39, 0.29) is 5.91 Å². The van der Waals surface area contributed by atoms with Gasteiger partial charge in [0.2, 0.25) is 5.91 Å². The highest BCUT2D eigenvalue weighted by Crippen LogP contribution is 2.08. The summed E-state index contributed by atoms with van der Waals surface area (Å²) in [6, 6.07) is 8.62. The number of nitrogens with zero attached hydrogens (tertiary/aromatic N) is 1. The van der Waals surface area contributed by atoms with Crippen molar-refractivity contribution in [3.63, 3.8) is 0 Å². The highest BCUT2D eigenvalue weighted by atomic mass is 16.4. The summed E-state index contributed by atoms with van der Waals surface area (Å²) in [6.45, 7) is 0. The molecule has 0 fully saturated rings. The second-order valence-corrected chi connectivity index (χ2v) is 3.71. The molecule has 2 N–H and O–H groups in total. The smallest absolute Gasteiger partial charge is 0.407 e. The molecule has 0 aliphatic carbocycles. The maximum absolute atomic E-state index is 11.6. The minimum Gasteiger partial charge on any atom is -0.465 e. The summed E-state index contributed by atoms with van der Waals surface area (Å²) in [5.41, 5.74) is 0.925. The van der Waals surface area contributed by atoms with E-state index in [4.69, 9.17) is 5.11 Å². The summed E-state index contributed by atoms with van der Waals surface area (Å²) in [4.78, 5) is 23.6. The Balaban J connectivity index is 2.85. The van der Waals surface area contributed by atoms with Gasteiger partial charge in [-0.25, -0.2) is 4.79 Å². The Morgan fingerprint density at radius 1 is 1.35 bits per heavy atom. The number of hydrogen-bond acceptors (Lipinski definition) is 2. The van der Waals surface area contributed by atoms with Crippen molar-refractivity contribution >= 4 is 12.0 Å². The van der Waals surface area contributed by atoms with Crippen LogP contribution < -0.4 is 5.32 Å². The van der Waals surface area contributed by atoms with Crippen LogP contribution >= 0.6 is 0 Å². The van der Waals surface area contributed by atoms with Crippen molar-refractivity contribution in [2.45, 2.75) is 12.5 Å². The van der Waals surface area contributed by atoms with Gasteiger partial charge in [0.25, 0.3) is 0 Å². The van der Waals surface area contributed by atoms with E-state index in [1.54, 1.807) is 0 Å². The lowest BCUT2D eigenvalue weighted by molar-refractivity contribution is -0.124. The van der Waals surface area contributed by atoms with E-state index in [9.17, 15) is 9.59 Å². The molecule has 92 valence electrons. The van der Waals surface area contributed by atoms with Crippen LogP contribution in [0.3, 0.4) is 0 Å². The van der Waals surface area contributed by atoms with E-state index in [1.807, 2.05) is 30.3 Å². The third kappa shape index (κ3) is 3.48. The lowest BCUT2D eigenvalue weighted by Crippen LogP contribution is -2.47. The zero-order valence-corrected chi connectivity index (χ0v) is 9.88. The fourth-order valence-electron chi connectivity index (χ4n) is 1.54. The normalized spacial score (nSPS) is 11.6. The molecule has 0 saturated heterocycles. The van der Waals surface area contributed by atoms with E-state index < -0.39 is 12.1 Å². The summed E-state index contributed by atoms with van der Waals surface area (Å²) in [7, 11) is 2.89. The van der Waals surface area contributed by atoms with Crippen LogP contribution in [-0.4, -0.2) is 42.1 Å². The first-order valence-corrected chi connectivity index (χ1v) is 5.27. The molecular weight excluding hydrogens is 220 g/mol. The van der Waals surface area contributed by atoms with Crippen LogP contribution in [0.1, 0.15) is 5.56 Å². The summed E-state index contributed by atoms with van der Waals surface area (Å²) in [5, 5.41) is 11.4. The van der Waals surface area contributed by atoms with Crippen LogP contribution in [0.5, 0.6) is 0 Å². The molecule has 1 atom stereocenters. The third-order valence-electron chi connectivity index (χ3n) is 2.59.